The number of aliphatic hydroxyl groups is 1. The second-order valence-electron chi connectivity index (χ2n) is 9.87. The van der Waals surface area contributed by atoms with E-state index in [1.54, 1.807) is 0 Å². The van der Waals surface area contributed by atoms with Gasteiger partial charge in [0.15, 0.2) is 0 Å². The summed E-state index contributed by atoms with van der Waals surface area (Å²) in [6, 6.07) is 13.5. The van der Waals surface area contributed by atoms with Crippen LogP contribution in [0.5, 0.6) is 0 Å². The Kier molecular flexibility index (Phi) is 8.98. The number of aliphatic hydroxyl groups excluding tert-OH is 1. The van der Waals surface area contributed by atoms with E-state index in [0.717, 1.165) is 83.0 Å². The normalized spacial score (nSPS) is 20.2. The zero-order chi connectivity index (χ0) is 23.9. The molecular weight excluding hydrogens is 424 g/mol. The Morgan fingerprint density at radius 3 is 2.88 bits per heavy atom. The second kappa shape index (κ2) is 12.1. The van der Waals surface area contributed by atoms with Crippen LogP contribution in [0.3, 0.4) is 0 Å². The van der Waals surface area contributed by atoms with Crippen molar-refractivity contribution in [2.45, 2.75) is 65.0 Å². The molecule has 4 rings (SSSR count). The van der Waals surface area contributed by atoms with Crippen LogP contribution in [0.4, 0.5) is 5.69 Å². The number of benzene rings is 2. The average Bonchev–Trinajstić information content (AvgIpc) is 2.99. The van der Waals surface area contributed by atoms with E-state index in [9.17, 15) is 5.11 Å². The zero-order valence-electron chi connectivity index (χ0n) is 21.1. The third-order valence-electron chi connectivity index (χ3n) is 7.36. The van der Waals surface area contributed by atoms with Crippen LogP contribution in [-0.2, 0) is 24.4 Å². The molecule has 0 saturated carbocycles. The summed E-state index contributed by atoms with van der Waals surface area (Å²) in [4.78, 5) is 4.71. The highest BCUT2D eigenvalue weighted by Gasteiger charge is 2.33. The molecule has 1 fully saturated rings. The van der Waals surface area contributed by atoms with E-state index in [2.05, 4.69) is 70.7 Å². The summed E-state index contributed by atoms with van der Waals surface area (Å²) in [5.74, 6) is 0. The number of nitrogens with zero attached hydrogens (tertiary/aromatic N) is 2. The molecular formula is C28H42N4O2. The minimum atomic E-state index is -0.522. The molecule has 0 bridgehead atoms. The average molecular weight is 467 g/mol. The minimum Gasteiger partial charge on any atom is -0.381 e. The van der Waals surface area contributed by atoms with Gasteiger partial charge in [0.25, 0.3) is 0 Å². The van der Waals surface area contributed by atoms with Crippen LogP contribution in [0.15, 0.2) is 36.4 Å². The Morgan fingerprint density at radius 2 is 2.06 bits per heavy atom. The van der Waals surface area contributed by atoms with Gasteiger partial charge >= 0.3 is 0 Å². The largest absolute Gasteiger partial charge is 0.381 e. The molecule has 0 amide bonds. The molecule has 34 heavy (non-hydrogen) atoms. The first-order valence-electron chi connectivity index (χ1n) is 12.9. The van der Waals surface area contributed by atoms with Gasteiger partial charge in [-0.1, -0.05) is 30.3 Å². The molecule has 6 heteroatoms. The van der Waals surface area contributed by atoms with Gasteiger partial charge in [0.2, 0.25) is 0 Å². The summed E-state index contributed by atoms with van der Waals surface area (Å²) in [5, 5.41) is 17.9. The van der Waals surface area contributed by atoms with Gasteiger partial charge in [-0.3, -0.25) is 9.80 Å². The topological polar surface area (TPSA) is 60.0 Å². The Hall–Kier alpha value is -1.96. The van der Waals surface area contributed by atoms with Gasteiger partial charge in [-0.25, -0.2) is 0 Å². The molecule has 0 spiro atoms. The minimum absolute atomic E-state index is 0.342. The lowest BCUT2D eigenvalue weighted by atomic mass is 10.0. The molecule has 2 atom stereocenters. The molecule has 0 aliphatic carbocycles. The lowest BCUT2D eigenvalue weighted by Gasteiger charge is -2.27. The summed E-state index contributed by atoms with van der Waals surface area (Å²) in [6.45, 7) is 11.9. The fourth-order valence-electron chi connectivity index (χ4n) is 5.23. The fourth-order valence-corrected chi connectivity index (χ4v) is 5.23. The maximum Gasteiger partial charge on any atom is 0.134 e. The van der Waals surface area contributed by atoms with Gasteiger partial charge in [0.1, 0.15) is 6.23 Å². The van der Waals surface area contributed by atoms with Gasteiger partial charge in [-0.15, -0.1) is 0 Å². The molecule has 0 radical (unpaired) electrons. The van der Waals surface area contributed by atoms with E-state index < -0.39 is 6.23 Å². The number of aryl methyl sites for hydroxylation is 1. The molecule has 0 aromatic heterocycles. The molecule has 2 aliphatic heterocycles. The van der Waals surface area contributed by atoms with Gasteiger partial charge in [-0.05, 0) is 75.0 Å². The van der Waals surface area contributed by atoms with Crippen LogP contribution in [0.1, 0.15) is 60.2 Å². The fraction of sp³-hybridized carbons (Fsp3) is 0.571. The predicted molar refractivity (Wildman–Crippen MR) is 139 cm³/mol. The summed E-state index contributed by atoms with van der Waals surface area (Å²) >= 11 is 0. The van der Waals surface area contributed by atoms with Crippen molar-refractivity contribution in [1.29, 1.82) is 0 Å². The van der Waals surface area contributed by atoms with Crippen LogP contribution < -0.4 is 10.6 Å². The lowest BCUT2D eigenvalue weighted by Crippen LogP contribution is -2.32. The van der Waals surface area contributed by atoms with Crippen LogP contribution in [0, 0.1) is 6.92 Å². The number of rotatable bonds is 10. The van der Waals surface area contributed by atoms with E-state index in [1.807, 2.05) is 7.05 Å². The summed E-state index contributed by atoms with van der Waals surface area (Å²) in [5.41, 5.74) is 7.41. The number of ether oxygens (including phenoxy) is 1. The molecule has 2 heterocycles. The van der Waals surface area contributed by atoms with Crippen molar-refractivity contribution in [3.8, 4) is 0 Å². The zero-order valence-corrected chi connectivity index (χ0v) is 21.1. The van der Waals surface area contributed by atoms with Gasteiger partial charge in [0, 0.05) is 56.6 Å². The standard InChI is InChI=1S/C28H42N4O2/c1-21-17-23(19-31-13-6-15-34-16-14-31)10-11-24(21)18-30-27-9-4-8-25-26(27)20-32(28(25)33)22(2)7-5-12-29-3/h4,8-11,17,22,28-30,33H,5-7,12-16,18-20H2,1-3H3. The van der Waals surface area contributed by atoms with Crippen molar-refractivity contribution in [3.63, 3.8) is 0 Å². The number of hydrogen-bond donors (Lipinski definition) is 3. The Balaban J connectivity index is 1.37. The Morgan fingerprint density at radius 1 is 1.18 bits per heavy atom. The lowest BCUT2D eigenvalue weighted by molar-refractivity contribution is -0.0145. The first-order chi connectivity index (χ1) is 16.6. The van der Waals surface area contributed by atoms with E-state index in [4.69, 9.17) is 4.74 Å². The first-order valence-corrected chi connectivity index (χ1v) is 12.9. The number of nitrogens with one attached hydrogen (secondary N) is 2. The van der Waals surface area contributed by atoms with Crippen molar-refractivity contribution in [2.75, 3.05) is 45.2 Å². The first kappa shape index (κ1) is 25.1. The highest BCUT2D eigenvalue weighted by atomic mass is 16.5. The highest BCUT2D eigenvalue weighted by Crippen LogP contribution is 2.38. The molecule has 2 aromatic carbocycles. The summed E-state index contributed by atoms with van der Waals surface area (Å²) in [7, 11) is 1.99. The van der Waals surface area contributed by atoms with Crippen molar-refractivity contribution >= 4 is 5.69 Å². The molecule has 1 saturated heterocycles. The van der Waals surface area contributed by atoms with Crippen LogP contribution in [0.25, 0.3) is 0 Å². The van der Waals surface area contributed by atoms with E-state index in [0.29, 0.717) is 6.04 Å². The molecule has 6 nitrogen and oxygen atoms in total. The van der Waals surface area contributed by atoms with Crippen LogP contribution in [0.2, 0.25) is 0 Å². The van der Waals surface area contributed by atoms with Crippen LogP contribution >= 0.6 is 0 Å². The van der Waals surface area contributed by atoms with Crippen molar-refractivity contribution in [1.82, 2.24) is 15.1 Å². The maximum atomic E-state index is 11.0. The molecule has 2 aliphatic rings. The Labute approximate surface area is 205 Å². The van der Waals surface area contributed by atoms with Gasteiger partial charge in [-0.2, -0.15) is 0 Å². The van der Waals surface area contributed by atoms with Crippen molar-refractivity contribution < 1.29 is 9.84 Å². The smallest absolute Gasteiger partial charge is 0.134 e. The molecule has 3 N–H and O–H groups in total. The molecule has 2 aromatic rings. The summed E-state index contributed by atoms with van der Waals surface area (Å²) < 4.78 is 5.59. The monoisotopic (exact) mass is 466 g/mol. The Bertz CT molecular complexity index is 927. The summed E-state index contributed by atoms with van der Waals surface area (Å²) in [6.07, 6.45) is 2.78. The number of fused-ring (bicyclic) bond motifs is 1. The molecule has 2 unspecified atom stereocenters. The quantitative estimate of drug-likeness (QED) is 0.460. The molecule has 186 valence electrons. The third-order valence-corrected chi connectivity index (χ3v) is 7.36. The second-order valence-corrected chi connectivity index (χ2v) is 9.87. The highest BCUT2D eigenvalue weighted by molar-refractivity contribution is 5.57. The van der Waals surface area contributed by atoms with Crippen molar-refractivity contribution in [3.05, 3.63) is 64.2 Å². The SMILES string of the molecule is CNCCCC(C)N1Cc2c(NCc3ccc(CN4CCCOCC4)cc3C)cccc2C1O. The van der Waals surface area contributed by atoms with E-state index in [-0.39, 0.29) is 0 Å². The van der Waals surface area contributed by atoms with Gasteiger partial charge < -0.3 is 20.5 Å². The predicted octanol–water partition coefficient (Wildman–Crippen LogP) is 4.02. The number of anilines is 1. The van der Waals surface area contributed by atoms with E-state index >= 15 is 0 Å². The van der Waals surface area contributed by atoms with Crippen LogP contribution in [-0.4, -0.2) is 60.8 Å². The van der Waals surface area contributed by atoms with E-state index in [1.165, 1.54) is 22.3 Å². The number of hydrogen-bond acceptors (Lipinski definition) is 6. The van der Waals surface area contributed by atoms with Gasteiger partial charge in [0.05, 0.1) is 6.61 Å². The third kappa shape index (κ3) is 6.18. The van der Waals surface area contributed by atoms with Crippen molar-refractivity contribution in [2.24, 2.45) is 0 Å². The maximum absolute atomic E-state index is 11.0.